The monoisotopic (exact) mass is 394 g/mol. The molecule has 0 aliphatic carbocycles. The number of carbonyl (C=O) groups excluding carboxylic acids is 1. The third-order valence-corrected chi connectivity index (χ3v) is 4.16. The Morgan fingerprint density at radius 1 is 1.00 bits per heavy atom. The van der Waals surface area contributed by atoms with E-state index in [0.29, 0.717) is 28.7 Å². The largest absolute Gasteiger partial charge is 0.493 e. The third-order valence-electron chi connectivity index (χ3n) is 4.16. The Morgan fingerprint density at radius 3 is 2.28 bits per heavy atom. The van der Waals surface area contributed by atoms with E-state index in [1.54, 1.807) is 14.2 Å². The molecule has 0 unspecified atom stereocenters. The van der Waals surface area contributed by atoms with Crippen LogP contribution in [0, 0.1) is 0 Å². The first-order chi connectivity index (χ1) is 13.8. The van der Waals surface area contributed by atoms with Gasteiger partial charge in [0.25, 0.3) is 0 Å². The molecule has 0 atom stereocenters. The van der Waals surface area contributed by atoms with Crippen molar-refractivity contribution in [2.75, 3.05) is 26.1 Å². The van der Waals surface area contributed by atoms with Crippen molar-refractivity contribution in [1.82, 2.24) is 15.3 Å². The van der Waals surface area contributed by atoms with E-state index in [0.717, 1.165) is 10.9 Å². The zero-order chi connectivity index (χ0) is 21.0. The minimum absolute atomic E-state index is 0.0892. The average Bonchev–Trinajstić information content (AvgIpc) is 2.70. The lowest BCUT2D eigenvalue weighted by molar-refractivity contribution is -0.120. The Hall–Kier alpha value is -3.35. The van der Waals surface area contributed by atoms with Crippen LogP contribution in [0.2, 0.25) is 0 Å². The standard InChI is InChI=1S/C22H26N4O3/c1-22(2,3)26-19(27)13-23-21-15-11-17(28-4)18(29-5)12-16(15)24-20(25-21)14-9-7-6-8-10-14/h6-12H,13H2,1-5H3,(H,26,27)(H,23,24,25). The number of methoxy groups -OCH3 is 2. The van der Waals surface area contributed by atoms with Crippen molar-refractivity contribution in [2.45, 2.75) is 26.3 Å². The van der Waals surface area contributed by atoms with Gasteiger partial charge in [0, 0.05) is 22.6 Å². The van der Waals surface area contributed by atoms with Crippen molar-refractivity contribution < 1.29 is 14.3 Å². The van der Waals surface area contributed by atoms with Crippen LogP contribution < -0.4 is 20.1 Å². The quantitative estimate of drug-likeness (QED) is 0.664. The van der Waals surface area contributed by atoms with Gasteiger partial charge in [-0.25, -0.2) is 9.97 Å². The summed E-state index contributed by atoms with van der Waals surface area (Å²) in [5.41, 5.74) is 1.26. The molecule has 0 saturated heterocycles. The number of hydrogen-bond donors (Lipinski definition) is 2. The molecule has 3 rings (SSSR count). The Morgan fingerprint density at radius 2 is 1.66 bits per heavy atom. The van der Waals surface area contributed by atoms with Crippen LogP contribution in [0.4, 0.5) is 5.82 Å². The van der Waals surface area contributed by atoms with E-state index in [-0.39, 0.29) is 18.0 Å². The van der Waals surface area contributed by atoms with Crippen LogP contribution in [0.3, 0.4) is 0 Å². The van der Waals surface area contributed by atoms with Gasteiger partial charge in [-0.05, 0) is 26.8 Å². The lowest BCUT2D eigenvalue weighted by Crippen LogP contribution is -2.43. The Labute approximate surface area is 170 Å². The van der Waals surface area contributed by atoms with E-state index in [1.165, 1.54) is 0 Å². The second kappa shape index (κ2) is 8.34. The molecule has 3 aromatic rings. The summed E-state index contributed by atoms with van der Waals surface area (Å²) in [5, 5.41) is 6.83. The highest BCUT2D eigenvalue weighted by Gasteiger charge is 2.17. The molecule has 2 aromatic carbocycles. The summed E-state index contributed by atoms with van der Waals surface area (Å²) in [6.07, 6.45) is 0. The zero-order valence-corrected chi connectivity index (χ0v) is 17.4. The molecule has 7 heteroatoms. The van der Waals surface area contributed by atoms with Crippen molar-refractivity contribution in [2.24, 2.45) is 0 Å². The van der Waals surface area contributed by atoms with Gasteiger partial charge in [-0.3, -0.25) is 4.79 Å². The maximum absolute atomic E-state index is 12.3. The second-order valence-electron chi connectivity index (χ2n) is 7.64. The Balaban J connectivity index is 2.05. The fourth-order valence-electron chi connectivity index (χ4n) is 2.93. The van der Waals surface area contributed by atoms with Crippen LogP contribution in [0.15, 0.2) is 42.5 Å². The summed E-state index contributed by atoms with van der Waals surface area (Å²) in [7, 11) is 3.16. The van der Waals surface area contributed by atoms with Crippen LogP contribution in [0.1, 0.15) is 20.8 Å². The molecular formula is C22H26N4O3. The lowest BCUT2D eigenvalue weighted by Gasteiger charge is -2.21. The number of ether oxygens (including phenoxy) is 2. The zero-order valence-electron chi connectivity index (χ0n) is 17.4. The molecule has 2 N–H and O–H groups in total. The number of carbonyl (C=O) groups is 1. The summed E-state index contributed by atoms with van der Waals surface area (Å²) in [4.78, 5) is 21.6. The normalized spacial score (nSPS) is 11.2. The summed E-state index contributed by atoms with van der Waals surface area (Å²) in [6.45, 7) is 5.91. The molecule has 0 aliphatic heterocycles. The van der Waals surface area contributed by atoms with Gasteiger partial charge in [0.2, 0.25) is 5.91 Å². The van der Waals surface area contributed by atoms with Gasteiger partial charge in [-0.1, -0.05) is 30.3 Å². The highest BCUT2D eigenvalue weighted by Crippen LogP contribution is 2.35. The maximum Gasteiger partial charge on any atom is 0.239 e. The van der Waals surface area contributed by atoms with Gasteiger partial charge in [0.05, 0.1) is 26.3 Å². The van der Waals surface area contributed by atoms with Gasteiger partial charge < -0.3 is 20.1 Å². The molecule has 1 amide bonds. The van der Waals surface area contributed by atoms with E-state index in [9.17, 15) is 4.79 Å². The SMILES string of the molecule is COc1cc2nc(-c3ccccc3)nc(NCC(=O)NC(C)(C)C)c2cc1OC. The topological polar surface area (TPSA) is 85.4 Å². The van der Waals surface area contributed by atoms with Gasteiger partial charge in [-0.2, -0.15) is 0 Å². The third kappa shape index (κ3) is 4.93. The molecular weight excluding hydrogens is 368 g/mol. The molecule has 0 aliphatic rings. The number of rotatable bonds is 6. The van der Waals surface area contributed by atoms with E-state index in [1.807, 2.05) is 63.2 Å². The fourth-order valence-corrected chi connectivity index (χ4v) is 2.93. The van der Waals surface area contributed by atoms with Crippen LogP contribution in [-0.2, 0) is 4.79 Å². The number of benzene rings is 2. The van der Waals surface area contributed by atoms with Gasteiger partial charge >= 0.3 is 0 Å². The van der Waals surface area contributed by atoms with Crippen molar-refractivity contribution in [3.05, 3.63) is 42.5 Å². The smallest absolute Gasteiger partial charge is 0.239 e. The van der Waals surface area contributed by atoms with E-state index in [4.69, 9.17) is 9.47 Å². The van der Waals surface area contributed by atoms with E-state index >= 15 is 0 Å². The molecule has 0 bridgehead atoms. The lowest BCUT2D eigenvalue weighted by atomic mass is 10.1. The number of nitrogens with zero attached hydrogens (tertiary/aromatic N) is 2. The highest BCUT2D eigenvalue weighted by molar-refractivity contribution is 5.94. The summed E-state index contributed by atoms with van der Waals surface area (Å²) >= 11 is 0. The van der Waals surface area contributed by atoms with Crippen LogP contribution in [0.5, 0.6) is 11.5 Å². The molecule has 0 radical (unpaired) electrons. The molecule has 152 valence electrons. The second-order valence-corrected chi connectivity index (χ2v) is 7.64. The minimum Gasteiger partial charge on any atom is -0.493 e. The number of fused-ring (bicyclic) bond motifs is 1. The maximum atomic E-state index is 12.3. The summed E-state index contributed by atoms with van der Waals surface area (Å²) in [6, 6.07) is 13.3. The average molecular weight is 394 g/mol. The van der Waals surface area contributed by atoms with Crippen molar-refractivity contribution in [3.63, 3.8) is 0 Å². The molecule has 0 saturated carbocycles. The molecule has 29 heavy (non-hydrogen) atoms. The molecule has 7 nitrogen and oxygen atoms in total. The van der Waals surface area contributed by atoms with E-state index in [2.05, 4.69) is 20.6 Å². The predicted molar refractivity (Wildman–Crippen MR) is 114 cm³/mol. The van der Waals surface area contributed by atoms with Gasteiger partial charge in [0.15, 0.2) is 17.3 Å². The fraction of sp³-hybridized carbons (Fsp3) is 0.318. The van der Waals surface area contributed by atoms with Crippen LogP contribution in [0.25, 0.3) is 22.3 Å². The Bertz CT molecular complexity index is 1010. The Kier molecular flexibility index (Phi) is 5.87. The number of nitrogens with one attached hydrogen (secondary N) is 2. The van der Waals surface area contributed by atoms with Crippen molar-refractivity contribution in [1.29, 1.82) is 0 Å². The van der Waals surface area contributed by atoms with Crippen LogP contribution in [-0.4, -0.2) is 42.2 Å². The van der Waals surface area contributed by atoms with Crippen molar-refractivity contribution >= 4 is 22.6 Å². The first-order valence-corrected chi connectivity index (χ1v) is 9.35. The molecule has 0 fully saturated rings. The number of aromatic nitrogens is 2. The summed E-state index contributed by atoms with van der Waals surface area (Å²) < 4.78 is 10.8. The molecule has 1 aromatic heterocycles. The first kappa shape index (κ1) is 20.4. The minimum atomic E-state index is -0.307. The van der Waals surface area contributed by atoms with Gasteiger partial charge in [-0.15, -0.1) is 0 Å². The number of anilines is 1. The van der Waals surface area contributed by atoms with Crippen molar-refractivity contribution in [3.8, 4) is 22.9 Å². The first-order valence-electron chi connectivity index (χ1n) is 9.35. The van der Waals surface area contributed by atoms with E-state index < -0.39 is 0 Å². The predicted octanol–water partition coefficient (Wildman–Crippen LogP) is 3.64. The molecule has 0 spiro atoms. The number of hydrogen-bond acceptors (Lipinski definition) is 6. The van der Waals surface area contributed by atoms with Gasteiger partial charge in [0.1, 0.15) is 5.82 Å². The van der Waals surface area contributed by atoms with Crippen LogP contribution >= 0.6 is 0 Å². The number of amides is 1. The summed E-state index contributed by atoms with van der Waals surface area (Å²) in [5.74, 6) is 2.14. The highest BCUT2D eigenvalue weighted by atomic mass is 16.5. The molecule has 1 heterocycles.